The lowest BCUT2D eigenvalue weighted by molar-refractivity contribution is -0.858. The summed E-state index contributed by atoms with van der Waals surface area (Å²) in [5, 5.41) is 2.74. The molecule has 0 aliphatic heterocycles. The van der Waals surface area contributed by atoms with Gasteiger partial charge in [-0.15, -0.1) is 11.3 Å². The van der Waals surface area contributed by atoms with Crippen LogP contribution in [0.5, 0.6) is 5.75 Å². The second-order valence-electron chi connectivity index (χ2n) is 6.71. The van der Waals surface area contributed by atoms with Crippen molar-refractivity contribution in [2.45, 2.75) is 13.3 Å². The van der Waals surface area contributed by atoms with Crippen LogP contribution in [0.4, 0.5) is 5.13 Å². The van der Waals surface area contributed by atoms with Gasteiger partial charge in [-0.3, -0.25) is 9.69 Å². The van der Waals surface area contributed by atoms with E-state index in [4.69, 9.17) is 9.72 Å². The maximum absolute atomic E-state index is 12.9. The average molecular weight is 417 g/mol. The molecule has 0 radical (unpaired) electrons. The number of hydrogen-bond donors (Lipinski definition) is 1. The SMILES string of the molecule is CCOc1ccc2nc(N(CCC[NH+](C)C)C(=O)/C=C/c3cccs3)sc2c1. The van der Waals surface area contributed by atoms with E-state index in [-0.39, 0.29) is 5.91 Å². The summed E-state index contributed by atoms with van der Waals surface area (Å²) in [7, 11) is 4.24. The number of hydrogen-bond acceptors (Lipinski definition) is 5. The van der Waals surface area contributed by atoms with Crippen LogP contribution in [0.25, 0.3) is 16.3 Å². The van der Waals surface area contributed by atoms with Gasteiger partial charge in [0.25, 0.3) is 5.91 Å². The molecule has 1 aromatic carbocycles. The first-order valence-electron chi connectivity index (χ1n) is 9.42. The first-order valence-corrected chi connectivity index (χ1v) is 11.1. The maximum atomic E-state index is 12.9. The summed E-state index contributed by atoms with van der Waals surface area (Å²) in [6.07, 6.45) is 4.44. The van der Waals surface area contributed by atoms with Crippen molar-refractivity contribution < 1.29 is 14.4 Å². The molecule has 1 N–H and O–H groups in total. The van der Waals surface area contributed by atoms with Gasteiger partial charge in [-0.25, -0.2) is 4.98 Å². The number of amides is 1. The molecular formula is C21H26N3O2S2+. The molecule has 5 nitrogen and oxygen atoms in total. The molecule has 2 heterocycles. The van der Waals surface area contributed by atoms with Crippen molar-refractivity contribution >= 4 is 50.0 Å². The smallest absolute Gasteiger partial charge is 0.252 e. The molecule has 0 saturated heterocycles. The van der Waals surface area contributed by atoms with Gasteiger partial charge in [0.15, 0.2) is 5.13 Å². The monoisotopic (exact) mass is 416 g/mol. The zero-order valence-corrected chi connectivity index (χ0v) is 18.1. The Morgan fingerprint density at radius 2 is 2.18 bits per heavy atom. The number of nitrogens with one attached hydrogen (secondary N) is 1. The Balaban J connectivity index is 1.84. The zero-order chi connectivity index (χ0) is 19.9. The Kier molecular flexibility index (Phi) is 7.19. The Hall–Kier alpha value is -2.22. The van der Waals surface area contributed by atoms with E-state index < -0.39 is 0 Å². The molecule has 0 atom stereocenters. The Labute approximate surface area is 173 Å². The highest BCUT2D eigenvalue weighted by atomic mass is 32.1. The molecule has 0 fully saturated rings. The van der Waals surface area contributed by atoms with E-state index in [1.165, 1.54) is 16.2 Å². The van der Waals surface area contributed by atoms with Crippen molar-refractivity contribution in [3.8, 4) is 5.75 Å². The molecule has 0 spiro atoms. The first-order chi connectivity index (χ1) is 13.6. The minimum absolute atomic E-state index is 0.0359. The van der Waals surface area contributed by atoms with Gasteiger partial charge in [-0.1, -0.05) is 17.4 Å². The fourth-order valence-corrected chi connectivity index (χ4v) is 4.43. The van der Waals surface area contributed by atoms with Gasteiger partial charge in [-0.05, 0) is 42.6 Å². The number of fused-ring (bicyclic) bond motifs is 1. The predicted octanol–water partition coefficient (Wildman–Crippen LogP) is 3.34. The molecule has 0 saturated carbocycles. The quantitative estimate of drug-likeness (QED) is 0.544. The minimum atomic E-state index is -0.0359. The van der Waals surface area contributed by atoms with E-state index in [1.54, 1.807) is 22.3 Å². The number of thiophene rings is 1. The molecule has 7 heteroatoms. The van der Waals surface area contributed by atoms with Crippen LogP contribution >= 0.6 is 22.7 Å². The van der Waals surface area contributed by atoms with Gasteiger partial charge in [0.05, 0.1) is 37.5 Å². The van der Waals surface area contributed by atoms with E-state index in [0.717, 1.165) is 38.9 Å². The highest BCUT2D eigenvalue weighted by molar-refractivity contribution is 7.22. The molecular weight excluding hydrogens is 390 g/mol. The largest absolute Gasteiger partial charge is 0.494 e. The molecule has 0 bridgehead atoms. The molecule has 28 heavy (non-hydrogen) atoms. The maximum Gasteiger partial charge on any atom is 0.252 e. The van der Waals surface area contributed by atoms with E-state index in [2.05, 4.69) is 14.1 Å². The summed E-state index contributed by atoms with van der Waals surface area (Å²) in [5.74, 6) is 0.795. The second kappa shape index (κ2) is 9.82. The lowest BCUT2D eigenvalue weighted by atomic mass is 10.3. The van der Waals surface area contributed by atoms with Crippen molar-refractivity contribution in [1.82, 2.24) is 4.98 Å². The van der Waals surface area contributed by atoms with Gasteiger partial charge < -0.3 is 9.64 Å². The highest BCUT2D eigenvalue weighted by Crippen LogP contribution is 2.32. The average Bonchev–Trinajstić information content (AvgIpc) is 3.32. The fourth-order valence-electron chi connectivity index (χ4n) is 2.79. The van der Waals surface area contributed by atoms with Crippen LogP contribution in [0.3, 0.4) is 0 Å². The van der Waals surface area contributed by atoms with Gasteiger partial charge >= 0.3 is 0 Å². The number of nitrogens with zero attached hydrogens (tertiary/aromatic N) is 2. The number of rotatable bonds is 9. The van der Waals surface area contributed by atoms with E-state index in [9.17, 15) is 4.79 Å². The number of quaternary nitrogens is 1. The summed E-state index contributed by atoms with van der Waals surface area (Å²) >= 11 is 3.15. The van der Waals surface area contributed by atoms with Gasteiger partial charge in [0.2, 0.25) is 0 Å². The third-order valence-corrected chi connectivity index (χ3v) is 6.03. The Morgan fingerprint density at radius 1 is 1.32 bits per heavy atom. The first kappa shape index (κ1) is 20.5. The molecule has 0 aliphatic carbocycles. The van der Waals surface area contributed by atoms with Crippen molar-refractivity contribution in [2.24, 2.45) is 0 Å². The molecule has 0 unspecified atom stereocenters. The molecule has 148 valence electrons. The summed E-state index contributed by atoms with van der Waals surface area (Å²) in [5.41, 5.74) is 0.890. The van der Waals surface area contributed by atoms with Crippen LogP contribution in [0, 0.1) is 0 Å². The van der Waals surface area contributed by atoms with Crippen LogP contribution in [-0.4, -0.2) is 44.7 Å². The molecule has 1 amide bonds. The lowest BCUT2D eigenvalue weighted by Gasteiger charge is -2.18. The minimum Gasteiger partial charge on any atom is -0.494 e. The molecule has 2 aromatic heterocycles. The van der Waals surface area contributed by atoms with Crippen LogP contribution in [0.2, 0.25) is 0 Å². The Bertz CT molecular complexity index is 932. The van der Waals surface area contributed by atoms with E-state index in [0.29, 0.717) is 13.2 Å². The predicted molar refractivity (Wildman–Crippen MR) is 119 cm³/mol. The molecule has 0 aliphatic rings. The van der Waals surface area contributed by atoms with E-state index in [1.807, 2.05) is 48.7 Å². The normalized spacial score (nSPS) is 11.6. The third-order valence-electron chi connectivity index (χ3n) is 4.15. The lowest BCUT2D eigenvalue weighted by Crippen LogP contribution is -3.05. The van der Waals surface area contributed by atoms with Crippen LogP contribution in [0.15, 0.2) is 41.8 Å². The number of benzene rings is 1. The van der Waals surface area contributed by atoms with Gasteiger partial charge in [-0.2, -0.15) is 0 Å². The number of carbonyl (C=O) groups is 1. The van der Waals surface area contributed by atoms with Gasteiger partial charge in [0, 0.05) is 23.9 Å². The van der Waals surface area contributed by atoms with Gasteiger partial charge in [0.1, 0.15) is 5.75 Å². The van der Waals surface area contributed by atoms with Crippen molar-refractivity contribution in [3.05, 3.63) is 46.7 Å². The number of anilines is 1. The highest BCUT2D eigenvalue weighted by Gasteiger charge is 2.18. The Morgan fingerprint density at radius 3 is 2.89 bits per heavy atom. The number of ether oxygens (including phenoxy) is 1. The zero-order valence-electron chi connectivity index (χ0n) is 16.5. The van der Waals surface area contributed by atoms with E-state index >= 15 is 0 Å². The standard InChI is InChI=1S/C21H25N3O2S2/c1-4-26-16-8-10-18-19(15-16)28-21(22-18)24(13-6-12-23(2)3)20(25)11-9-17-7-5-14-27-17/h5,7-11,14-15H,4,6,12-13H2,1-3H3/p+1/b11-9+. The summed E-state index contributed by atoms with van der Waals surface area (Å²) in [6, 6.07) is 9.85. The van der Waals surface area contributed by atoms with Crippen molar-refractivity contribution in [3.63, 3.8) is 0 Å². The summed E-state index contributed by atoms with van der Waals surface area (Å²) < 4.78 is 6.61. The fraction of sp³-hybridized carbons (Fsp3) is 0.333. The van der Waals surface area contributed by atoms with Crippen molar-refractivity contribution in [1.29, 1.82) is 0 Å². The van der Waals surface area contributed by atoms with Crippen LogP contribution in [-0.2, 0) is 4.79 Å². The summed E-state index contributed by atoms with van der Waals surface area (Å²) in [4.78, 5) is 21.9. The number of aromatic nitrogens is 1. The summed E-state index contributed by atoms with van der Waals surface area (Å²) in [6.45, 7) is 4.24. The van der Waals surface area contributed by atoms with Crippen LogP contribution in [0.1, 0.15) is 18.2 Å². The number of thiazole rings is 1. The molecule has 3 aromatic rings. The topological polar surface area (TPSA) is 46.9 Å². The molecule has 3 rings (SSSR count). The number of carbonyl (C=O) groups excluding carboxylic acids is 1. The van der Waals surface area contributed by atoms with Crippen molar-refractivity contribution in [2.75, 3.05) is 38.7 Å². The third kappa shape index (κ3) is 5.41. The van der Waals surface area contributed by atoms with Crippen LogP contribution < -0.4 is 14.5 Å². The second-order valence-corrected chi connectivity index (χ2v) is 8.70.